The fourth-order valence-electron chi connectivity index (χ4n) is 1.28. The average molecular weight is 269 g/mol. The van der Waals surface area contributed by atoms with Crippen LogP contribution in [-0.4, -0.2) is 40.1 Å². The first-order valence-electron chi connectivity index (χ1n) is 5.27. The van der Waals surface area contributed by atoms with E-state index >= 15 is 0 Å². The van der Waals surface area contributed by atoms with E-state index in [1.54, 1.807) is 12.6 Å². The Bertz CT molecular complexity index is 419. The van der Waals surface area contributed by atoms with Gasteiger partial charge in [-0.3, -0.25) is 0 Å². The van der Waals surface area contributed by atoms with Gasteiger partial charge in [0.1, 0.15) is 6.04 Å². The van der Waals surface area contributed by atoms with E-state index in [0.29, 0.717) is 6.54 Å². The molecule has 0 bridgehead atoms. The van der Waals surface area contributed by atoms with E-state index in [0.717, 1.165) is 5.69 Å². The summed E-state index contributed by atoms with van der Waals surface area (Å²) < 4.78 is 0. The molecule has 2 amide bonds. The van der Waals surface area contributed by atoms with E-state index in [9.17, 15) is 9.59 Å². The van der Waals surface area contributed by atoms with Crippen molar-refractivity contribution in [1.29, 1.82) is 0 Å². The number of amides is 2. The van der Waals surface area contributed by atoms with Crippen molar-refractivity contribution in [2.24, 2.45) is 0 Å². The Labute approximate surface area is 109 Å². The Morgan fingerprint density at radius 2 is 2.44 bits per heavy atom. The van der Waals surface area contributed by atoms with Crippen molar-refractivity contribution < 1.29 is 14.7 Å². The van der Waals surface area contributed by atoms with Gasteiger partial charge in [0.2, 0.25) is 0 Å². The second-order valence-corrected chi connectivity index (χ2v) is 4.42. The molecule has 98 valence electrons. The first kappa shape index (κ1) is 14.2. The van der Waals surface area contributed by atoms with E-state index in [1.165, 1.54) is 22.3 Å². The van der Waals surface area contributed by atoms with Gasteiger partial charge in [0.05, 0.1) is 17.7 Å². The lowest BCUT2D eigenvalue weighted by Crippen LogP contribution is -2.46. The molecule has 0 aromatic carbocycles. The van der Waals surface area contributed by atoms with Gasteiger partial charge in [-0.2, -0.15) is 0 Å². The Morgan fingerprint density at radius 3 is 2.94 bits per heavy atom. The number of carboxylic acids is 1. The first-order valence-corrected chi connectivity index (χ1v) is 6.21. The second kappa shape index (κ2) is 6.75. The summed E-state index contributed by atoms with van der Waals surface area (Å²) in [7, 11) is 1.58. The van der Waals surface area contributed by atoms with E-state index in [-0.39, 0.29) is 6.42 Å². The lowest BCUT2D eigenvalue weighted by atomic mass is 10.2. The average Bonchev–Trinajstić information content (AvgIpc) is 2.80. The summed E-state index contributed by atoms with van der Waals surface area (Å²) in [6.45, 7) is 3.80. The molecule has 0 aliphatic heterocycles. The third-order valence-corrected chi connectivity index (χ3v) is 2.86. The SMILES string of the molecule is C=CCC(NC(=O)N(C)Cc1cscn1)C(=O)O. The van der Waals surface area contributed by atoms with Crippen LogP contribution in [0.3, 0.4) is 0 Å². The van der Waals surface area contributed by atoms with Gasteiger partial charge >= 0.3 is 12.0 Å². The summed E-state index contributed by atoms with van der Waals surface area (Å²) in [5, 5.41) is 13.2. The third kappa shape index (κ3) is 4.17. The molecular weight excluding hydrogens is 254 g/mol. The van der Waals surface area contributed by atoms with Crippen LogP contribution in [0.2, 0.25) is 0 Å². The van der Waals surface area contributed by atoms with Crippen molar-refractivity contribution in [3.63, 3.8) is 0 Å². The van der Waals surface area contributed by atoms with Crippen LogP contribution in [-0.2, 0) is 11.3 Å². The molecule has 1 aromatic heterocycles. The van der Waals surface area contributed by atoms with Crippen LogP contribution in [0.5, 0.6) is 0 Å². The molecule has 0 aliphatic carbocycles. The molecule has 0 aliphatic rings. The van der Waals surface area contributed by atoms with Crippen LogP contribution in [0.15, 0.2) is 23.5 Å². The Kier molecular flexibility index (Phi) is 5.31. The van der Waals surface area contributed by atoms with Crippen molar-refractivity contribution in [3.05, 3.63) is 29.2 Å². The third-order valence-electron chi connectivity index (χ3n) is 2.23. The normalized spacial score (nSPS) is 11.6. The number of hydrogen-bond donors (Lipinski definition) is 2. The Morgan fingerprint density at radius 1 is 1.72 bits per heavy atom. The van der Waals surface area contributed by atoms with Crippen molar-refractivity contribution in [1.82, 2.24) is 15.2 Å². The number of urea groups is 1. The summed E-state index contributed by atoms with van der Waals surface area (Å²) in [6, 6.07) is -1.40. The molecule has 1 rings (SSSR count). The highest BCUT2D eigenvalue weighted by Crippen LogP contribution is 2.04. The van der Waals surface area contributed by atoms with Crippen LogP contribution in [0.4, 0.5) is 4.79 Å². The van der Waals surface area contributed by atoms with Gasteiger partial charge in [-0.1, -0.05) is 6.08 Å². The maximum Gasteiger partial charge on any atom is 0.326 e. The van der Waals surface area contributed by atoms with Crippen molar-refractivity contribution in [2.45, 2.75) is 19.0 Å². The number of nitrogens with one attached hydrogen (secondary N) is 1. The largest absolute Gasteiger partial charge is 0.480 e. The summed E-state index contributed by atoms with van der Waals surface area (Å²) in [5.74, 6) is -1.08. The highest BCUT2D eigenvalue weighted by molar-refractivity contribution is 7.07. The van der Waals surface area contributed by atoms with E-state index < -0.39 is 18.0 Å². The van der Waals surface area contributed by atoms with Crippen molar-refractivity contribution in [3.8, 4) is 0 Å². The molecule has 0 spiro atoms. The van der Waals surface area contributed by atoms with Crippen LogP contribution < -0.4 is 5.32 Å². The predicted octanol–water partition coefficient (Wildman–Crippen LogP) is 1.31. The number of aromatic nitrogens is 1. The molecule has 2 N–H and O–H groups in total. The van der Waals surface area contributed by atoms with Crippen LogP contribution in [0.1, 0.15) is 12.1 Å². The number of thiazole rings is 1. The van der Waals surface area contributed by atoms with Gasteiger partial charge in [-0.25, -0.2) is 14.6 Å². The van der Waals surface area contributed by atoms with Gasteiger partial charge in [0.25, 0.3) is 0 Å². The number of carbonyl (C=O) groups excluding carboxylic acids is 1. The lowest BCUT2D eigenvalue weighted by molar-refractivity contribution is -0.139. The molecular formula is C11H15N3O3S. The van der Waals surface area contributed by atoms with E-state index in [4.69, 9.17) is 5.11 Å². The number of rotatable bonds is 6. The predicted molar refractivity (Wildman–Crippen MR) is 68.4 cm³/mol. The van der Waals surface area contributed by atoms with Crippen molar-refractivity contribution in [2.75, 3.05) is 7.05 Å². The number of nitrogens with zero attached hydrogens (tertiary/aromatic N) is 2. The minimum Gasteiger partial charge on any atom is -0.480 e. The molecule has 6 nitrogen and oxygen atoms in total. The number of carbonyl (C=O) groups is 2. The number of hydrogen-bond acceptors (Lipinski definition) is 4. The molecule has 1 atom stereocenters. The van der Waals surface area contributed by atoms with Gasteiger partial charge in [-0.15, -0.1) is 17.9 Å². The molecule has 1 heterocycles. The summed E-state index contributed by atoms with van der Waals surface area (Å²) in [4.78, 5) is 28.1. The first-order chi connectivity index (χ1) is 8.54. The highest BCUT2D eigenvalue weighted by atomic mass is 32.1. The monoisotopic (exact) mass is 269 g/mol. The van der Waals surface area contributed by atoms with Gasteiger partial charge < -0.3 is 15.3 Å². The summed E-state index contributed by atoms with van der Waals surface area (Å²) in [5.41, 5.74) is 2.45. The molecule has 1 unspecified atom stereocenters. The molecule has 7 heteroatoms. The minimum absolute atomic E-state index is 0.186. The smallest absolute Gasteiger partial charge is 0.326 e. The van der Waals surface area contributed by atoms with Gasteiger partial charge in [0.15, 0.2) is 0 Å². The number of carboxylic acid groups (broad SMARTS) is 1. The molecule has 1 aromatic rings. The zero-order valence-electron chi connectivity index (χ0n) is 10.00. The summed E-state index contributed by atoms with van der Waals surface area (Å²) >= 11 is 1.44. The van der Waals surface area contributed by atoms with Gasteiger partial charge in [0, 0.05) is 12.4 Å². The number of aliphatic carboxylic acids is 1. The lowest BCUT2D eigenvalue weighted by Gasteiger charge is -2.20. The standard InChI is InChI=1S/C11H15N3O3S/c1-3-4-9(10(15)16)13-11(17)14(2)5-8-6-18-7-12-8/h3,6-7,9H,1,4-5H2,2H3,(H,13,17)(H,15,16). The molecule has 0 fully saturated rings. The topological polar surface area (TPSA) is 82.5 Å². The van der Waals surface area contributed by atoms with Crippen LogP contribution in [0.25, 0.3) is 0 Å². The quantitative estimate of drug-likeness (QED) is 0.763. The maximum atomic E-state index is 11.8. The Balaban J connectivity index is 2.52. The fraction of sp³-hybridized carbons (Fsp3) is 0.364. The van der Waals surface area contributed by atoms with E-state index in [1.807, 2.05) is 5.38 Å². The second-order valence-electron chi connectivity index (χ2n) is 3.70. The zero-order chi connectivity index (χ0) is 13.5. The molecule has 0 saturated carbocycles. The summed E-state index contributed by atoms with van der Waals surface area (Å²) in [6.07, 6.45) is 1.64. The highest BCUT2D eigenvalue weighted by Gasteiger charge is 2.20. The Hall–Kier alpha value is -1.89. The molecule has 0 saturated heterocycles. The van der Waals surface area contributed by atoms with Crippen molar-refractivity contribution >= 4 is 23.3 Å². The van der Waals surface area contributed by atoms with E-state index in [2.05, 4.69) is 16.9 Å². The van der Waals surface area contributed by atoms with Crippen LogP contribution in [0, 0.1) is 0 Å². The molecule has 0 radical (unpaired) electrons. The van der Waals surface area contributed by atoms with Gasteiger partial charge in [-0.05, 0) is 6.42 Å². The minimum atomic E-state index is -1.08. The maximum absolute atomic E-state index is 11.8. The zero-order valence-corrected chi connectivity index (χ0v) is 10.8. The molecule has 18 heavy (non-hydrogen) atoms. The fourth-order valence-corrected chi connectivity index (χ4v) is 1.83. The van der Waals surface area contributed by atoms with Crippen LogP contribution >= 0.6 is 11.3 Å².